The Labute approximate surface area is 117 Å². The smallest absolute Gasteiger partial charge is 0.311 e. The van der Waals surface area contributed by atoms with Crippen LogP contribution in [-0.4, -0.2) is 46.6 Å². The summed E-state index contributed by atoms with van der Waals surface area (Å²) >= 11 is 0. The second-order valence-electron chi connectivity index (χ2n) is 5.41. The van der Waals surface area contributed by atoms with E-state index in [1.54, 1.807) is 4.90 Å². The standard InChI is InChI=1S/C13H19N3O4/c1-2-5-13(12(19)20)6-7-16(8-13)11(18)9-3-4-10(17)15-14-9/h2-8H2,1H3,(H,15,17)(H,19,20). The molecule has 1 unspecified atom stereocenters. The SMILES string of the molecule is CCCC1(C(=O)O)CCN(C(=O)C2=NNC(=O)CC2)C1. The van der Waals surface area contributed by atoms with Gasteiger partial charge in [-0.3, -0.25) is 14.4 Å². The van der Waals surface area contributed by atoms with Crippen molar-refractivity contribution in [1.82, 2.24) is 10.3 Å². The summed E-state index contributed by atoms with van der Waals surface area (Å²) in [6.07, 6.45) is 2.37. The summed E-state index contributed by atoms with van der Waals surface area (Å²) in [6.45, 7) is 2.59. The van der Waals surface area contributed by atoms with Gasteiger partial charge in [-0.25, -0.2) is 5.43 Å². The predicted octanol–water partition coefficient (Wildman–Crippen LogP) is 0.356. The van der Waals surface area contributed by atoms with Crippen LogP contribution in [0.2, 0.25) is 0 Å². The van der Waals surface area contributed by atoms with Crippen molar-refractivity contribution in [3.05, 3.63) is 0 Å². The van der Waals surface area contributed by atoms with E-state index >= 15 is 0 Å². The Kier molecular flexibility index (Phi) is 4.06. The second kappa shape index (κ2) is 5.60. The Balaban J connectivity index is 2.06. The molecule has 7 nitrogen and oxygen atoms in total. The highest BCUT2D eigenvalue weighted by molar-refractivity contribution is 6.39. The van der Waals surface area contributed by atoms with Gasteiger partial charge in [-0.05, 0) is 12.8 Å². The molecule has 0 bridgehead atoms. The van der Waals surface area contributed by atoms with Gasteiger partial charge in [-0.2, -0.15) is 5.10 Å². The van der Waals surface area contributed by atoms with Crippen molar-refractivity contribution < 1.29 is 19.5 Å². The molecule has 0 aliphatic carbocycles. The van der Waals surface area contributed by atoms with E-state index in [1.165, 1.54) is 0 Å². The minimum absolute atomic E-state index is 0.200. The maximum Gasteiger partial charge on any atom is 0.311 e. The van der Waals surface area contributed by atoms with Crippen LogP contribution in [0.5, 0.6) is 0 Å². The topological polar surface area (TPSA) is 99.1 Å². The first-order chi connectivity index (χ1) is 9.48. The van der Waals surface area contributed by atoms with Crippen molar-refractivity contribution in [1.29, 1.82) is 0 Å². The highest BCUT2D eigenvalue weighted by Gasteiger charge is 2.46. The van der Waals surface area contributed by atoms with E-state index in [9.17, 15) is 19.5 Å². The van der Waals surface area contributed by atoms with Gasteiger partial charge in [-0.1, -0.05) is 13.3 Å². The molecule has 7 heteroatoms. The average Bonchev–Trinajstić information content (AvgIpc) is 2.85. The summed E-state index contributed by atoms with van der Waals surface area (Å²) in [7, 11) is 0. The zero-order chi connectivity index (χ0) is 14.8. The van der Waals surface area contributed by atoms with Crippen LogP contribution in [0.3, 0.4) is 0 Å². The van der Waals surface area contributed by atoms with Crippen LogP contribution in [0.1, 0.15) is 39.0 Å². The molecule has 2 aliphatic heterocycles. The predicted molar refractivity (Wildman–Crippen MR) is 71.0 cm³/mol. The third-order valence-corrected chi connectivity index (χ3v) is 3.97. The van der Waals surface area contributed by atoms with E-state index in [-0.39, 0.29) is 24.8 Å². The number of carboxylic acid groups (broad SMARTS) is 1. The first-order valence-electron chi connectivity index (χ1n) is 6.86. The summed E-state index contributed by atoms with van der Waals surface area (Å²) in [5.41, 5.74) is 1.77. The molecule has 2 aliphatic rings. The number of nitrogens with one attached hydrogen (secondary N) is 1. The van der Waals surface area contributed by atoms with Crippen molar-refractivity contribution >= 4 is 23.5 Å². The lowest BCUT2D eigenvalue weighted by Crippen LogP contribution is -2.41. The molecule has 20 heavy (non-hydrogen) atoms. The second-order valence-corrected chi connectivity index (χ2v) is 5.41. The largest absolute Gasteiger partial charge is 0.481 e. The van der Waals surface area contributed by atoms with Gasteiger partial charge >= 0.3 is 5.97 Å². The van der Waals surface area contributed by atoms with Crippen LogP contribution in [0.15, 0.2) is 5.10 Å². The minimum atomic E-state index is -0.839. The minimum Gasteiger partial charge on any atom is -0.481 e. The van der Waals surface area contributed by atoms with Crippen LogP contribution >= 0.6 is 0 Å². The molecular weight excluding hydrogens is 262 g/mol. The molecule has 0 aromatic heterocycles. The number of carbonyl (C=O) groups is 3. The number of hydrogen-bond donors (Lipinski definition) is 2. The molecular formula is C13H19N3O4. The molecule has 0 saturated carbocycles. The van der Waals surface area contributed by atoms with Gasteiger partial charge < -0.3 is 10.0 Å². The number of hydrazone groups is 1. The summed E-state index contributed by atoms with van der Waals surface area (Å²) in [4.78, 5) is 36.3. The summed E-state index contributed by atoms with van der Waals surface area (Å²) in [5.74, 6) is -1.30. The number of aliphatic carboxylic acids is 1. The van der Waals surface area contributed by atoms with E-state index in [1.807, 2.05) is 6.92 Å². The van der Waals surface area contributed by atoms with Gasteiger partial charge in [0.25, 0.3) is 5.91 Å². The normalized spacial score (nSPS) is 26.1. The Morgan fingerprint density at radius 1 is 1.45 bits per heavy atom. The quantitative estimate of drug-likeness (QED) is 0.777. The van der Waals surface area contributed by atoms with Gasteiger partial charge in [0.2, 0.25) is 5.91 Å². The van der Waals surface area contributed by atoms with Crippen LogP contribution in [0.4, 0.5) is 0 Å². The number of likely N-dealkylation sites (tertiary alicyclic amines) is 1. The van der Waals surface area contributed by atoms with Gasteiger partial charge in [0, 0.05) is 25.9 Å². The summed E-state index contributed by atoms with van der Waals surface area (Å²) < 4.78 is 0. The van der Waals surface area contributed by atoms with Crippen molar-refractivity contribution in [2.24, 2.45) is 10.5 Å². The van der Waals surface area contributed by atoms with Gasteiger partial charge in [0.15, 0.2) is 0 Å². The first kappa shape index (κ1) is 14.5. The Morgan fingerprint density at radius 2 is 2.20 bits per heavy atom. The fourth-order valence-electron chi connectivity index (χ4n) is 2.82. The number of nitrogens with zero attached hydrogens (tertiary/aromatic N) is 2. The fourth-order valence-corrected chi connectivity index (χ4v) is 2.82. The highest BCUT2D eigenvalue weighted by Crippen LogP contribution is 2.35. The maximum absolute atomic E-state index is 12.3. The Morgan fingerprint density at radius 3 is 2.75 bits per heavy atom. The van der Waals surface area contributed by atoms with Crippen LogP contribution in [0.25, 0.3) is 0 Å². The van der Waals surface area contributed by atoms with E-state index < -0.39 is 11.4 Å². The number of carbonyl (C=O) groups excluding carboxylic acids is 2. The summed E-state index contributed by atoms with van der Waals surface area (Å²) in [6, 6.07) is 0. The molecule has 0 spiro atoms. The molecule has 2 heterocycles. The van der Waals surface area contributed by atoms with Crippen LogP contribution < -0.4 is 5.43 Å². The lowest BCUT2D eigenvalue weighted by molar-refractivity contribution is -0.148. The Hall–Kier alpha value is -1.92. The van der Waals surface area contributed by atoms with E-state index in [4.69, 9.17) is 0 Å². The Bertz CT molecular complexity index is 474. The number of hydrogen-bond acceptors (Lipinski definition) is 4. The van der Waals surface area contributed by atoms with Crippen molar-refractivity contribution in [2.45, 2.75) is 39.0 Å². The number of amides is 2. The molecule has 1 fully saturated rings. The molecule has 0 aromatic rings. The third-order valence-electron chi connectivity index (χ3n) is 3.97. The van der Waals surface area contributed by atoms with E-state index in [0.717, 1.165) is 6.42 Å². The maximum atomic E-state index is 12.3. The van der Waals surface area contributed by atoms with Gasteiger partial charge in [0.1, 0.15) is 5.71 Å². The molecule has 0 radical (unpaired) electrons. The third kappa shape index (κ3) is 2.66. The monoisotopic (exact) mass is 281 g/mol. The first-order valence-corrected chi connectivity index (χ1v) is 6.86. The highest BCUT2D eigenvalue weighted by atomic mass is 16.4. The number of carboxylic acids is 1. The van der Waals surface area contributed by atoms with Crippen molar-refractivity contribution in [2.75, 3.05) is 13.1 Å². The van der Waals surface area contributed by atoms with Crippen LogP contribution in [-0.2, 0) is 14.4 Å². The summed E-state index contributed by atoms with van der Waals surface area (Å²) in [5, 5.41) is 13.2. The molecule has 0 aromatic carbocycles. The molecule has 2 rings (SSSR count). The van der Waals surface area contributed by atoms with Gasteiger partial charge in [-0.15, -0.1) is 0 Å². The molecule has 1 saturated heterocycles. The van der Waals surface area contributed by atoms with Crippen molar-refractivity contribution in [3.8, 4) is 0 Å². The van der Waals surface area contributed by atoms with Crippen LogP contribution in [0, 0.1) is 5.41 Å². The van der Waals surface area contributed by atoms with E-state index in [0.29, 0.717) is 31.5 Å². The number of rotatable bonds is 4. The zero-order valence-corrected chi connectivity index (χ0v) is 11.5. The lowest BCUT2D eigenvalue weighted by atomic mass is 9.83. The fraction of sp³-hybridized carbons (Fsp3) is 0.692. The van der Waals surface area contributed by atoms with Crippen molar-refractivity contribution in [3.63, 3.8) is 0 Å². The van der Waals surface area contributed by atoms with Gasteiger partial charge in [0.05, 0.1) is 5.41 Å². The zero-order valence-electron chi connectivity index (χ0n) is 11.5. The molecule has 2 amide bonds. The molecule has 1 atom stereocenters. The molecule has 2 N–H and O–H groups in total. The molecule has 110 valence electrons. The average molecular weight is 281 g/mol. The lowest BCUT2D eigenvalue weighted by Gasteiger charge is -2.24. The van der Waals surface area contributed by atoms with E-state index in [2.05, 4.69) is 10.5 Å².